The molecule has 0 amide bonds. The number of ether oxygens (including phenoxy) is 4. The smallest absolute Gasteiger partial charge is 0.339 e. The SMILES string of the molecule is COC(=O)CCN1C(C)(C)CC(OC(=O)c2ccccc2C(=O)OC2CC(C)(C)N(CCC(=O)OC)C(C)(C)C2)CC1(C)C. The number of nitrogens with zero attached hydrogens (tertiary/aromatic N) is 2. The Hall–Kier alpha value is -2.98. The lowest BCUT2D eigenvalue weighted by Crippen LogP contribution is -2.62. The van der Waals surface area contributed by atoms with Gasteiger partial charge in [0.15, 0.2) is 0 Å². The average Bonchev–Trinajstić information content (AvgIpc) is 2.89. The van der Waals surface area contributed by atoms with Crippen LogP contribution in [0.2, 0.25) is 0 Å². The Morgan fingerprint density at radius 1 is 0.614 bits per heavy atom. The largest absolute Gasteiger partial charge is 0.469 e. The van der Waals surface area contributed by atoms with E-state index in [2.05, 4.69) is 65.2 Å². The molecule has 10 nitrogen and oxygen atoms in total. The lowest BCUT2D eigenvalue weighted by molar-refractivity contribution is -0.144. The third-order valence-corrected chi connectivity index (χ3v) is 9.28. The van der Waals surface area contributed by atoms with Crippen LogP contribution in [0, 0.1) is 0 Å². The van der Waals surface area contributed by atoms with Crippen molar-refractivity contribution in [1.29, 1.82) is 0 Å². The molecular formula is C34H52N2O8. The molecule has 44 heavy (non-hydrogen) atoms. The summed E-state index contributed by atoms with van der Waals surface area (Å²) in [6.07, 6.45) is 2.13. The van der Waals surface area contributed by atoms with Gasteiger partial charge in [-0.1, -0.05) is 12.1 Å². The molecule has 0 saturated carbocycles. The molecule has 2 aliphatic rings. The van der Waals surface area contributed by atoms with Crippen LogP contribution < -0.4 is 0 Å². The zero-order valence-electron chi connectivity index (χ0n) is 28.3. The van der Waals surface area contributed by atoms with E-state index < -0.39 is 11.9 Å². The van der Waals surface area contributed by atoms with Gasteiger partial charge in [0.2, 0.25) is 0 Å². The molecule has 2 fully saturated rings. The van der Waals surface area contributed by atoms with Crippen molar-refractivity contribution in [2.24, 2.45) is 0 Å². The van der Waals surface area contributed by atoms with Gasteiger partial charge < -0.3 is 18.9 Å². The molecule has 10 heteroatoms. The van der Waals surface area contributed by atoms with Crippen LogP contribution in [0.5, 0.6) is 0 Å². The summed E-state index contributed by atoms with van der Waals surface area (Å²) < 4.78 is 21.8. The minimum absolute atomic E-state index is 0.176. The summed E-state index contributed by atoms with van der Waals surface area (Å²) in [6.45, 7) is 17.8. The summed E-state index contributed by atoms with van der Waals surface area (Å²) in [4.78, 5) is 55.3. The number of carbonyl (C=O) groups excluding carboxylic acids is 4. The summed E-state index contributed by atoms with van der Waals surface area (Å²) in [5.74, 6) is -1.64. The first-order valence-electron chi connectivity index (χ1n) is 15.5. The first-order valence-corrected chi connectivity index (χ1v) is 15.5. The Balaban J connectivity index is 1.71. The van der Waals surface area contributed by atoms with Crippen molar-refractivity contribution in [3.05, 3.63) is 35.4 Å². The number of carbonyl (C=O) groups is 4. The highest BCUT2D eigenvalue weighted by Gasteiger charge is 2.48. The van der Waals surface area contributed by atoms with Gasteiger partial charge in [-0.2, -0.15) is 0 Å². The third-order valence-electron chi connectivity index (χ3n) is 9.28. The Morgan fingerprint density at radius 3 is 1.18 bits per heavy atom. The molecule has 246 valence electrons. The van der Waals surface area contributed by atoms with E-state index in [1.165, 1.54) is 14.2 Å². The molecular weight excluding hydrogens is 564 g/mol. The minimum atomic E-state index is -0.560. The second kappa shape index (κ2) is 13.6. The van der Waals surface area contributed by atoms with Gasteiger partial charge in [0.05, 0.1) is 38.2 Å². The molecule has 2 saturated heterocycles. The number of piperidine rings is 2. The highest BCUT2D eigenvalue weighted by atomic mass is 16.6. The molecule has 1 aromatic carbocycles. The molecule has 2 heterocycles. The second-order valence-electron chi connectivity index (χ2n) is 14.6. The van der Waals surface area contributed by atoms with Gasteiger partial charge in [-0.3, -0.25) is 19.4 Å². The molecule has 0 N–H and O–H groups in total. The lowest BCUT2D eigenvalue weighted by atomic mass is 9.78. The fourth-order valence-corrected chi connectivity index (χ4v) is 7.71. The van der Waals surface area contributed by atoms with Gasteiger partial charge in [-0.15, -0.1) is 0 Å². The Kier molecular flexibility index (Phi) is 10.9. The predicted molar refractivity (Wildman–Crippen MR) is 166 cm³/mol. The summed E-state index contributed by atoms with van der Waals surface area (Å²) in [6, 6.07) is 6.62. The maximum atomic E-state index is 13.5. The summed E-state index contributed by atoms with van der Waals surface area (Å²) in [5.41, 5.74) is -1.02. The normalized spacial score (nSPS) is 21.7. The minimum Gasteiger partial charge on any atom is -0.469 e. The number of esters is 4. The zero-order chi connectivity index (χ0) is 33.1. The molecule has 0 aromatic heterocycles. The van der Waals surface area contributed by atoms with Crippen molar-refractivity contribution in [3.63, 3.8) is 0 Å². The first kappa shape index (κ1) is 35.5. The van der Waals surface area contributed by atoms with Crippen LogP contribution in [0.4, 0.5) is 0 Å². The van der Waals surface area contributed by atoms with Gasteiger partial charge in [-0.25, -0.2) is 9.59 Å². The van der Waals surface area contributed by atoms with Crippen molar-refractivity contribution in [2.45, 2.75) is 128 Å². The van der Waals surface area contributed by atoms with Gasteiger partial charge in [0.25, 0.3) is 0 Å². The number of benzene rings is 1. The molecule has 0 spiro atoms. The Bertz CT molecular complexity index is 1090. The Labute approximate surface area is 262 Å². The number of likely N-dealkylation sites (tertiary alicyclic amines) is 2. The van der Waals surface area contributed by atoms with Gasteiger partial charge >= 0.3 is 23.9 Å². The van der Waals surface area contributed by atoms with Crippen LogP contribution in [-0.4, -0.2) is 95.3 Å². The summed E-state index contributed by atoms with van der Waals surface area (Å²) in [5, 5.41) is 0. The van der Waals surface area contributed by atoms with E-state index in [4.69, 9.17) is 18.9 Å². The Morgan fingerprint density at radius 2 is 0.909 bits per heavy atom. The van der Waals surface area contributed by atoms with Gasteiger partial charge in [-0.05, 0) is 67.5 Å². The quantitative estimate of drug-likeness (QED) is 0.258. The second-order valence-corrected chi connectivity index (χ2v) is 14.6. The van der Waals surface area contributed by atoms with Gasteiger partial charge in [0.1, 0.15) is 12.2 Å². The predicted octanol–water partition coefficient (Wildman–Crippen LogP) is 5.17. The van der Waals surface area contributed by atoms with E-state index in [1.54, 1.807) is 24.3 Å². The molecule has 0 unspecified atom stereocenters. The third kappa shape index (κ3) is 8.38. The molecule has 0 radical (unpaired) electrons. The van der Waals surface area contributed by atoms with Crippen molar-refractivity contribution in [2.75, 3.05) is 27.3 Å². The van der Waals surface area contributed by atoms with E-state index in [1.807, 2.05) is 0 Å². The highest BCUT2D eigenvalue weighted by molar-refractivity contribution is 6.03. The standard InChI is InChI=1S/C34H52N2O8/c1-31(2)19-23(20-32(3,4)35(31)17-15-27(37)41-9)43-29(39)25-13-11-12-14-26(25)30(40)44-24-21-33(5,6)36(34(7,8)22-24)18-16-28(38)42-10/h11-14,23-24H,15-22H2,1-10H3. The molecule has 2 aliphatic heterocycles. The van der Waals surface area contributed by atoms with Crippen molar-refractivity contribution in [3.8, 4) is 0 Å². The number of rotatable bonds is 10. The molecule has 0 aliphatic carbocycles. The lowest BCUT2D eigenvalue weighted by Gasteiger charge is -2.55. The van der Waals surface area contributed by atoms with Crippen molar-refractivity contribution < 1.29 is 38.1 Å². The first-order chi connectivity index (χ1) is 20.3. The number of methoxy groups -OCH3 is 2. The van der Waals surface area contributed by atoms with Crippen LogP contribution in [0.15, 0.2) is 24.3 Å². The van der Waals surface area contributed by atoms with Crippen molar-refractivity contribution in [1.82, 2.24) is 9.80 Å². The van der Waals surface area contributed by atoms with Crippen LogP contribution in [0.3, 0.4) is 0 Å². The average molecular weight is 617 g/mol. The molecule has 1 aromatic rings. The van der Waals surface area contributed by atoms with E-state index in [9.17, 15) is 19.2 Å². The maximum absolute atomic E-state index is 13.5. The molecule has 0 bridgehead atoms. The summed E-state index contributed by atoms with van der Waals surface area (Å²) >= 11 is 0. The van der Waals surface area contributed by atoms with Crippen LogP contribution in [0.25, 0.3) is 0 Å². The fraction of sp³-hybridized carbons (Fsp3) is 0.706. The van der Waals surface area contributed by atoms with E-state index in [0.29, 0.717) is 38.8 Å². The fourth-order valence-electron chi connectivity index (χ4n) is 7.71. The molecule has 3 rings (SSSR count). The van der Waals surface area contributed by atoms with Crippen LogP contribution in [-0.2, 0) is 28.5 Å². The van der Waals surface area contributed by atoms with E-state index >= 15 is 0 Å². The number of hydrogen-bond acceptors (Lipinski definition) is 10. The van der Waals surface area contributed by atoms with Crippen LogP contribution >= 0.6 is 0 Å². The molecule has 0 atom stereocenters. The highest BCUT2D eigenvalue weighted by Crippen LogP contribution is 2.41. The summed E-state index contributed by atoms with van der Waals surface area (Å²) in [7, 11) is 2.77. The van der Waals surface area contributed by atoms with E-state index in [-0.39, 0.29) is 70.3 Å². The maximum Gasteiger partial charge on any atom is 0.339 e. The topological polar surface area (TPSA) is 112 Å². The number of hydrogen-bond donors (Lipinski definition) is 0. The zero-order valence-corrected chi connectivity index (χ0v) is 28.3. The van der Waals surface area contributed by atoms with Crippen molar-refractivity contribution >= 4 is 23.9 Å². The van der Waals surface area contributed by atoms with Gasteiger partial charge in [0, 0.05) is 60.9 Å². The van der Waals surface area contributed by atoms with Crippen LogP contribution in [0.1, 0.15) is 115 Å². The monoisotopic (exact) mass is 616 g/mol. The van der Waals surface area contributed by atoms with E-state index in [0.717, 1.165) is 0 Å².